The molecule has 0 aromatic carbocycles. The largest absolute Gasteiger partial charge is 0.394 e. The molecule has 4 fully saturated rings. The number of hydrogen-bond acceptors (Lipinski definition) is 14. The zero-order valence-corrected chi connectivity index (χ0v) is 17.3. The zero-order chi connectivity index (χ0) is 23.5. The van der Waals surface area contributed by atoms with Gasteiger partial charge in [0.1, 0.15) is 61.5 Å². The molecule has 8 N–H and O–H groups in total. The highest BCUT2D eigenvalue weighted by atomic mass is 16.8. The number of epoxide rings is 2. The van der Waals surface area contributed by atoms with Crippen molar-refractivity contribution in [2.75, 3.05) is 46.2 Å². The molecular weight excluding hydrogens is 440 g/mol. The monoisotopic (exact) mass is 472 g/mol. The zero-order valence-electron chi connectivity index (χ0n) is 17.3. The predicted molar refractivity (Wildman–Crippen MR) is 98.9 cm³/mol. The molecule has 0 spiro atoms. The van der Waals surface area contributed by atoms with E-state index in [0.717, 1.165) is 26.4 Å². The Balaban J connectivity index is 0.000000264. The fraction of sp³-hybridized carbons (Fsp3) is 1.00. The number of rotatable bonds is 9. The summed E-state index contributed by atoms with van der Waals surface area (Å²) in [5.41, 5.74) is 0. The second kappa shape index (κ2) is 11.2. The summed E-state index contributed by atoms with van der Waals surface area (Å²) in [6.45, 7) is 0.938. The van der Waals surface area contributed by atoms with E-state index >= 15 is 0 Å². The maximum absolute atomic E-state index is 10.00. The van der Waals surface area contributed by atoms with Gasteiger partial charge in [-0.25, -0.2) is 0 Å². The Morgan fingerprint density at radius 3 is 1.75 bits per heavy atom. The second-order valence-electron chi connectivity index (χ2n) is 8.01. The van der Waals surface area contributed by atoms with Gasteiger partial charge in [-0.05, 0) is 0 Å². The minimum Gasteiger partial charge on any atom is -0.394 e. The number of hydrogen-bond donors (Lipinski definition) is 8. The molecule has 0 radical (unpaired) electrons. The molecule has 0 aromatic rings. The Bertz CT molecular complexity index is 560. The van der Waals surface area contributed by atoms with E-state index in [0.29, 0.717) is 12.2 Å². The van der Waals surface area contributed by atoms with Crippen LogP contribution in [0.25, 0.3) is 0 Å². The molecule has 4 heterocycles. The van der Waals surface area contributed by atoms with Crippen molar-refractivity contribution in [1.29, 1.82) is 0 Å². The number of aliphatic hydroxyl groups is 8. The van der Waals surface area contributed by atoms with Crippen molar-refractivity contribution in [3.8, 4) is 0 Å². The van der Waals surface area contributed by atoms with Crippen molar-refractivity contribution in [2.24, 2.45) is 0 Å². The Kier molecular flexibility index (Phi) is 9.15. The average Bonchev–Trinajstić information content (AvgIpc) is 3.72. The van der Waals surface area contributed by atoms with E-state index in [1.165, 1.54) is 0 Å². The summed E-state index contributed by atoms with van der Waals surface area (Å²) in [6, 6.07) is 0. The lowest BCUT2D eigenvalue weighted by atomic mass is 9.99. The summed E-state index contributed by atoms with van der Waals surface area (Å²) in [7, 11) is 0. The van der Waals surface area contributed by atoms with Crippen molar-refractivity contribution in [2.45, 2.75) is 67.0 Å². The molecule has 0 bridgehead atoms. The van der Waals surface area contributed by atoms with Crippen molar-refractivity contribution in [3.63, 3.8) is 0 Å². The molecule has 14 nitrogen and oxygen atoms in total. The van der Waals surface area contributed by atoms with Gasteiger partial charge >= 0.3 is 0 Å². The van der Waals surface area contributed by atoms with Crippen LogP contribution in [0.15, 0.2) is 0 Å². The summed E-state index contributed by atoms with van der Waals surface area (Å²) >= 11 is 0. The highest BCUT2D eigenvalue weighted by Gasteiger charge is 2.58. The van der Waals surface area contributed by atoms with Gasteiger partial charge in [0.05, 0.1) is 39.6 Å². The molecule has 4 aliphatic heterocycles. The maximum Gasteiger partial charge on any atom is 0.224 e. The van der Waals surface area contributed by atoms with Gasteiger partial charge in [0.2, 0.25) is 5.79 Å². The molecule has 14 heteroatoms. The molecular formula is C18H32O14. The van der Waals surface area contributed by atoms with Crippen LogP contribution < -0.4 is 0 Å². The van der Waals surface area contributed by atoms with Gasteiger partial charge in [-0.2, -0.15) is 0 Å². The lowest BCUT2D eigenvalue weighted by Crippen LogP contribution is -2.62. The Morgan fingerprint density at radius 2 is 1.31 bits per heavy atom. The third kappa shape index (κ3) is 6.11. The molecule has 0 amide bonds. The van der Waals surface area contributed by atoms with Crippen LogP contribution in [-0.4, -0.2) is 154 Å². The molecule has 4 rings (SSSR count). The first-order valence-electron chi connectivity index (χ1n) is 10.3. The van der Waals surface area contributed by atoms with Crippen LogP contribution >= 0.6 is 0 Å². The molecule has 188 valence electrons. The SMILES string of the molecule is C(OCC1CO1)C1CO1.OC[C@H]1O[C@@](CO)(O[C@H]2O[C@H](CO)[C@@H](O)[C@H](O)[C@H]2O)[C@@H](O)[C@@H]1O. The van der Waals surface area contributed by atoms with Crippen molar-refractivity contribution in [3.05, 3.63) is 0 Å². The van der Waals surface area contributed by atoms with E-state index in [4.69, 9.17) is 38.6 Å². The highest BCUT2D eigenvalue weighted by molar-refractivity contribution is 4.98. The van der Waals surface area contributed by atoms with Crippen LogP contribution in [0.3, 0.4) is 0 Å². The van der Waals surface area contributed by atoms with E-state index in [2.05, 4.69) is 0 Å². The number of ether oxygens (including phenoxy) is 6. The quantitative estimate of drug-likeness (QED) is 0.147. The van der Waals surface area contributed by atoms with Gasteiger partial charge in [0.25, 0.3) is 0 Å². The summed E-state index contributed by atoms with van der Waals surface area (Å²) in [5.74, 6) is -2.22. The van der Waals surface area contributed by atoms with Gasteiger partial charge in [-0.3, -0.25) is 0 Å². The molecule has 0 aromatic heterocycles. The van der Waals surface area contributed by atoms with E-state index in [1.54, 1.807) is 0 Å². The van der Waals surface area contributed by atoms with Crippen LogP contribution in [-0.2, 0) is 28.4 Å². The smallest absolute Gasteiger partial charge is 0.224 e. The first-order valence-corrected chi connectivity index (χ1v) is 10.3. The van der Waals surface area contributed by atoms with Crippen molar-refractivity contribution < 1.29 is 69.3 Å². The standard InChI is InChI=1S/C12H22O11.C6H10O3/c13-1-4-6(16)8(18)9(19)11(21-4)23-12(3-15)10(20)7(17)5(2-14)22-12;1(5-3-8-5)7-2-6-4-9-6/h4-11,13-20H,1-3H2;5-6H,1-4H2/t4-,5-,6-,7-,8+,9-,10+,11-,12+;/m1./s1. The molecule has 11 atom stereocenters. The predicted octanol–water partition coefficient (Wildman–Crippen LogP) is -5.59. The minimum atomic E-state index is -2.22. The van der Waals surface area contributed by atoms with Gasteiger partial charge in [0.15, 0.2) is 6.29 Å². The lowest BCUT2D eigenvalue weighted by molar-refractivity contribution is -0.383. The van der Waals surface area contributed by atoms with Gasteiger partial charge in [-0.1, -0.05) is 0 Å². The Labute approximate surface area is 183 Å². The summed E-state index contributed by atoms with van der Waals surface area (Å²) in [4.78, 5) is 0. The van der Waals surface area contributed by atoms with Crippen LogP contribution in [0.1, 0.15) is 0 Å². The molecule has 4 aliphatic rings. The van der Waals surface area contributed by atoms with E-state index in [9.17, 15) is 30.6 Å². The first-order chi connectivity index (χ1) is 15.3. The second-order valence-corrected chi connectivity index (χ2v) is 8.01. The van der Waals surface area contributed by atoms with Gasteiger partial charge in [-0.15, -0.1) is 0 Å². The molecule has 32 heavy (non-hydrogen) atoms. The fourth-order valence-electron chi connectivity index (χ4n) is 3.29. The minimum absolute atomic E-state index is 0.392. The lowest BCUT2D eigenvalue weighted by Gasteiger charge is -2.43. The molecule has 0 saturated carbocycles. The topological polar surface area (TPSA) is 224 Å². The third-order valence-corrected chi connectivity index (χ3v) is 5.48. The average molecular weight is 472 g/mol. The summed E-state index contributed by atoms with van der Waals surface area (Å²) in [5, 5.41) is 76.7. The highest BCUT2D eigenvalue weighted by Crippen LogP contribution is 2.35. The maximum atomic E-state index is 10.00. The molecule has 2 unspecified atom stereocenters. The molecule has 0 aliphatic carbocycles. The van der Waals surface area contributed by atoms with E-state index in [1.807, 2.05) is 0 Å². The third-order valence-electron chi connectivity index (χ3n) is 5.48. The van der Waals surface area contributed by atoms with E-state index in [-0.39, 0.29) is 0 Å². The van der Waals surface area contributed by atoms with Crippen LogP contribution in [0.5, 0.6) is 0 Å². The van der Waals surface area contributed by atoms with Crippen LogP contribution in [0.2, 0.25) is 0 Å². The number of aliphatic hydroxyl groups excluding tert-OH is 8. The van der Waals surface area contributed by atoms with E-state index < -0.39 is 74.6 Å². The summed E-state index contributed by atoms with van der Waals surface area (Å²) in [6.07, 6.45) is -11.9. The van der Waals surface area contributed by atoms with Crippen molar-refractivity contribution >= 4 is 0 Å². The normalized spacial score (nSPS) is 47.6. The molecule has 4 saturated heterocycles. The summed E-state index contributed by atoms with van der Waals surface area (Å²) < 4.78 is 30.6. The van der Waals surface area contributed by atoms with Gasteiger partial charge in [0, 0.05) is 0 Å². The fourth-order valence-corrected chi connectivity index (χ4v) is 3.29. The first kappa shape index (κ1) is 26.1. The Hall–Kier alpha value is -0.560. The Morgan fingerprint density at radius 1 is 0.750 bits per heavy atom. The van der Waals surface area contributed by atoms with Crippen molar-refractivity contribution in [1.82, 2.24) is 0 Å². The van der Waals surface area contributed by atoms with Crippen LogP contribution in [0, 0.1) is 0 Å². The van der Waals surface area contributed by atoms with Gasteiger partial charge < -0.3 is 69.3 Å². The van der Waals surface area contributed by atoms with Crippen LogP contribution in [0.4, 0.5) is 0 Å².